The van der Waals surface area contributed by atoms with Crippen molar-refractivity contribution in [2.45, 2.75) is 20.5 Å². The lowest BCUT2D eigenvalue weighted by Gasteiger charge is -2.09. The van der Waals surface area contributed by atoms with Crippen LogP contribution >= 0.6 is 15.9 Å². The molecule has 4 nitrogen and oxygen atoms in total. The van der Waals surface area contributed by atoms with Crippen molar-refractivity contribution >= 4 is 33.6 Å². The molecule has 150 valence electrons. The summed E-state index contributed by atoms with van der Waals surface area (Å²) < 4.78 is 6.81. The third kappa shape index (κ3) is 5.59. The average molecular weight is 461 g/mol. The highest BCUT2D eigenvalue weighted by atomic mass is 79.9. The van der Waals surface area contributed by atoms with Gasteiger partial charge in [-0.1, -0.05) is 58.4 Å². The summed E-state index contributed by atoms with van der Waals surface area (Å²) in [7, 11) is 0. The van der Waals surface area contributed by atoms with E-state index in [0.29, 0.717) is 18.0 Å². The molecule has 3 aromatic carbocycles. The van der Waals surface area contributed by atoms with E-state index in [-0.39, 0.29) is 5.57 Å². The summed E-state index contributed by atoms with van der Waals surface area (Å²) in [6.07, 6.45) is 1.57. The van der Waals surface area contributed by atoms with Gasteiger partial charge in [-0.2, -0.15) is 5.26 Å². The molecule has 1 amide bonds. The Morgan fingerprint density at radius 2 is 1.83 bits per heavy atom. The largest absolute Gasteiger partial charge is 0.489 e. The Bertz CT molecular complexity index is 1130. The van der Waals surface area contributed by atoms with Gasteiger partial charge in [0.05, 0.1) is 0 Å². The molecule has 1 N–H and O–H groups in total. The van der Waals surface area contributed by atoms with Gasteiger partial charge in [-0.05, 0) is 60.9 Å². The molecule has 0 unspecified atom stereocenters. The summed E-state index contributed by atoms with van der Waals surface area (Å²) in [5.74, 6) is 0.279. The van der Waals surface area contributed by atoms with E-state index >= 15 is 0 Å². The first-order valence-corrected chi connectivity index (χ1v) is 10.2. The highest BCUT2D eigenvalue weighted by Gasteiger charge is 2.11. The van der Waals surface area contributed by atoms with E-state index in [2.05, 4.69) is 21.2 Å². The first-order valence-electron chi connectivity index (χ1n) is 9.43. The molecule has 0 spiro atoms. The molecular weight excluding hydrogens is 440 g/mol. The normalized spacial score (nSPS) is 10.9. The average Bonchev–Trinajstić information content (AvgIpc) is 2.75. The van der Waals surface area contributed by atoms with Crippen molar-refractivity contribution in [3.05, 3.63) is 99.0 Å². The number of benzene rings is 3. The lowest BCUT2D eigenvalue weighted by molar-refractivity contribution is -0.112. The maximum atomic E-state index is 12.5. The molecule has 30 heavy (non-hydrogen) atoms. The molecule has 0 saturated carbocycles. The summed E-state index contributed by atoms with van der Waals surface area (Å²) in [4.78, 5) is 12.5. The van der Waals surface area contributed by atoms with Gasteiger partial charge in [-0.25, -0.2) is 0 Å². The lowest BCUT2D eigenvalue weighted by Crippen LogP contribution is -2.14. The zero-order valence-electron chi connectivity index (χ0n) is 16.8. The van der Waals surface area contributed by atoms with Crippen molar-refractivity contribution in [3.63, 3.8) is 0 Å². The van der Waals surface area contributed by atoms with Crippen LogP contribution < -0.4 is 10.1 Å². The molecule has 0 atom stereocenters. The van der Waals surface area contributed by atoms with Crippen LogP contribution in [0.25, 0.3) is 6.08 Å². The first-order chi connectivity index (χ1) is 14.5. The van der Waals surface area contributed by atoms with Gasteiger partial charge < -0.3 is 10.1 Å². The number of nitrogens with zero attached hydrogens (tertiary/aromatic N) is 1. The number of ether oxygens (including phenoxy) is 1. The van der Waals surface area contributed by atoms with Crippen LogP contribution in [0.3, 0.4) is 0 Å². The number of halogens is 1. The van der Waals surface area contributed by atoms with Gasteiger partial charge in [-0.3, -0.25) is 4.79 Å². The summed E-state index contributed by atoms with van der Waals surface area (Å²) in [5.41, 5.74) is 4.52. The molecule has 3 rings (SSSR count). The minimum absolute atomic E-state index is 0.0396. The standard InChI is InChI=1S/C25H21BrN2O2/c1-17-7-8-18(2)24(13-17)28-25(29)21(15-27)14-19-9-11-22(12-10-19)30-16-20-5-3-4-6-23(20)26/h3-14H,16H2,1-2H3,(H,28,29)/b21-14+. The molecule has 0 aromatic heterocycles. The van der Waals surface area contributed by atoms with Crippen LogP contribution in [0.1, 0.15) is 22.3 Å². The first kappa shape index (κ1) is 21.4. The Balaban J connectivity index is 1.68. The van der Waals surface area contributed by atoms with E-state index in [9.17, 15) is 10.1 Å². The number of carbonyl (C=O) groups excluding carboxylic acids is 1. The molecular formula is C25H21BrN2O2. The number of aryl methyl sites for hydroxylation is 2. The smallest absolute Gasteiger partial charge is 0.266 e. The Morgan fingerprint density at radius 1 is 1.10 bits per heavy atom. The molecule has 3 aromatic rings. The predicted octanol–water partition coefficient (Wildman–Crippen LogP) is 6.19. The van der Waals surface area contributed by atoms with Gasteiger partial charge in [-0.15, -0.1) is 0 Å². The number of nitrogens with one attached hydrogen (secondary N) is 1. The highest BCUT2D eigenvalue weighted by molar-refractivity contribution is 9.10. The topological polar surface area (TPSA) is 62.1 Å². The van der Waals surface area contributed by atoms with Crippen molar-refractivity contribution in [1.29, 1.82) is 5.26 Å². The zero-order chi connectivity index (χ0) is 21.5. The predicted molar refractivity (Wildman–Crippen MR) is 123 cm³/mol. The van der Waals surface area contributed by atoms with Crippen LogP contribution in [-0.4, -0.2) is 5.91 Å². The molecule has 5 heteroatoms. The minimum Gasteiger partial charge on any atom is -0.489 e. The van der Waals surface area contributed by atoms with Crippen LogP contribution in [0.4, 0.5) is 5.69 Å². The second kappa shape index (κ2) is 9.91. The number of rotatable bonds is 6. The number of hydrogen-bond donors (Lipinski definition) is 1. The highest BCUT2D eigenvalue weighted by Crippen LogP contribution is 2.21. The summed E-state index contributed by atoms with van der Waals surface area (Å²) in [6.45, 7) is 4.31. The van der Waals surface area contributed by atoms with Gasteiger partial charge >= 0.3 is 0 Å². The third-order valence-corrected chi connectivity index (χ3v) is 5.32. The van der Waals surface area contributed by atoms with E-state index < -0.39 is 5.91 Å². The van der Waals surface area contributed by atoms with Crippen LogP contribution in [0, 0.1) is 25.2 Å². The maximum Gasteiger partial charge on any atom is 0.266 e. The van der Waals surface area contributed by atoms with E-state index in [1.807, 2.05) is 86.6 Å². The number of anilines is 1. The van der Waals surface area contributed by atoms with Crippen LogP contribution in [0.5, 0.6) is 5.75 Å². The Labute approximate surface area is 184 Å². The Kier molecular flexibility index (Phi) is 7.05. The van der Waals surface area contributed by atoms with Gasteiger partial charge in [0.1, 0.15) is 24.0 Å². The molecule has 0 saturated heterocycles. The van der Waals surface area contributed by atoms with E-state index in [1.165, 1.54) is 0 Å². The van der Waals surface area contributed by atoms with Crippen LogP contribution in [0.2, 0.25) is 0 Å². The third-order valence-electron chi connectivity index (χ3n) is 4.55. The lowest BCUT2D eigenvalue weighted by atomic mass is 10.1. The molecule has 0 aliphatic rings. The van der Waals surface area contributed by atoms with E-state index in [1.54, 1.807) is 6.08 Å². The van der Waals surface area contributed by atoms with Crippen LogP contribution in [-0.2, 0) is 11.4 Å². The van der Waals surface area contributed by atoms with Gasteiger partial charge in [0, 0.05) is 15.7 Å². The SMILES string of the molecule is Cc1ccc(C)c(NC(=O)/C(C#N)=C/c2ccc(OCc3ccccc3Br)cc2)c1. The van der Waals surface area contributed by atoms with Gasteiger partial charge in [0.25, 0.3) is 5.91 Å². The molecule has 0 bridgehead atoms. The minimum atomic E-state index is -0.430. The molecule has 0 radical (unpaired) electrons. The molecule has 0 heterocycles. The number of amides is 1. The second-order valence-corrected chi connectivity index (χ2v) is 7.75. The summed E-state index contributed by atoms with van der Waals surface area (Å²) in [5, 5.41) is 12.3. The number of carbonyl (C=O) groups is 1. The van der Waals surface area contributed by atoms with Gasteiger partial charge in [0.15, 0.2) is 0 Å². The van der Waals surface area contributed by atoms with Crippen molar-refractivity contribution in [3.8, 4) is 11.8 Å². The van der Waals surface area contributed by atoms with Crippen molar-refractivity contribution in [2.75, 3.05) is 5.32 Å². The monoisotopic (exact) mass is 460 g/mol. The zero-order valence-corrected chi connectivity index (χ0v) is 18.4. The molecule has 0 aliphatic heterocycles. The molecule has 0 aliphatic carbocycles. The fourth-order valence-electron chi connectivity index (χ4n) is 2.81. The fourth-order valence-corrected chi connectivity index (χ4v) is 3.21. The summed E-state index contributed by atoms with van der Waals surface area (Å²) in [6, 6.07) is 22.9. The second-order valence-electron chi connectivity index (χ2n) is 6.89. The Hall–Kier alpha value is -3.36. The van der Waals surface area contributed by atoms with Gasteiger partial charge in [0.2, 0.25) is 0 Å². The maximum absolute atomic E-state index is 12.5. The van der Waals surface area contributed by atoms with Crippen LogP contribution in [0.15, 0.2) is 76.8 Å². The molecule has 0 fully saturated rings. The number of nitriles is 1. The van der Waals surface area contributed by atoms with E-state index in [0.717, 1.165) is 26.7 Å². The summed E-state index contributed by atoms with van der Waals surface area (Å²) >= 11 is 3.51. The van der Waals surface area contributed by atoms with Crippen molar-refractivity contribution < 1.29 is 9.53 Å². The van der Waals surface area contributed by atoms with Crippen molar-refractivity contribution in [2.24, 2.45) is 0 Å². The van der Waals surface area contributed by atoms with Crippen molar-refractivity contribution in [1.82, 2.24) is 0 Å². The fraction of sp³-hybridized carbons (Fsp3) is 0.120. The van der Waals surface area contributed by atoms with E-state index in [4.69, 9.17) is 4.74 Å². The number of hydrogen-bond acceptors (Lipinski definition) is 3. The quantitative estimate of drug-likeness (QED) is 0.352. The Morgan fingerprint density at radius 3 is 2.53 bits per heavy atom.